The Bertz CT molecular complexity index is 889. The molecule has 1 atom stereocenters. The van der Waals surface area contributed by atoms with Gasteiger partial charge in [0.05, 0.1) is 11.5 Å². The highest BCUT2D eigenvalue weighted by Gasteiger charge is 2.27. The Labute approximate surface area is 147 Å². The van der Waals surface area contributed by atoms with E-state index in [0.717, 1.165) is 16.8 Å². The van der Waals surface area contributed by atoms with Crippen molar-refractivity contribution in [1.29, 1.82) is 0 Å². The molecule has 1 unspecified atom stereocenters. The summed E-state index contributed by atoms with van der Waals surface area (Å²) in [6, 6.07) is 9.08. The molecule has 0 aliphatic carbocycles. The summed E-state index contributed by atoms with van der Waals surface area (Å²) in [5.41, 5.74) is 3.74. The Morgan fingerprint density at radius 1 is 1.20 bits per heavy atom. The maximum Gasteiger partial charge on any atom is 0.274 e. The summed E-state index contributed by atoms with van der Waals surface area (Å²) in [7, 11) is -2.95. The largest absolute Gasteiger partial charge is 0.381 e. The van der Waals surface area contributed by atoms with Crippen molar-refractivity contribution in [1.82, 2.24) is 4.98 Å². The normalized spacial score (nSPS) is 18.7. The predicted octanol–water partition coefficient (Wildman–Crippen LogP) is 2.55. The van der Waals surface area contributed by atoms with E-state index in [9.17, 15) is 13.2 Å². The number of nitrogens with zero attached hydrogens (tertiary/aromatic N) is 1. The van der Waals surface area contributed by atoms with E-state index in [1.165, 1.54) is 0 Å². The number of rotatable bonds is 4. The van der Waals surface area contributed by atoms with Gasteiger partial charge in [0.2, 0.25) is 0 Å². The van der Waals surface area contributed by atoms with Crippen LogP contribution in [-0.2, 0) is 9.84 Å². The standard InChI is InChI=1S/C18H21N3O3S/c1-12-4-3-5-13(2)17(12)21-18(22)16-10-14(6-8-19-16)20-15-7-9-25(23,24)11-15/h3-6,8,10,15H,7,9,11H2,1-2H3,(H,19,20)(H,21,22). The summed E-state index contributed by atoms with van der Waals surface area (Å²) in [5.74, 6) is 0.0367. The van der Waals surface area contributed by atoms with E-state index < -0.39 is 9.84 Å². The molecule has 2 heterocycles. The lowest BCUT2D eigenvalue weighted by Gasteiger charge is -2.14. The van der Waals surface area contributed by atoms with Gasteiger partial charge in [0.15, 0.2) is 9.84 Å². The third kappa shape index (κ3) is 4.17. The number of anilines is 2. The number of sulfone groups is 1. The molecule has 6 nitrogen and oxygen atoms in total. The van der Waals surface area contributed by atoms with Crippen LogP contribution in [0.3, 0.4) is 0 Å². The lowest BCUT2D eigenvalue weighted by atomic mass is 10.1. The number of hydrogen-bond donors (Lipinski definition) is 2. The molecule has 1 amide bonds. The van der Waals surface area contributed by atoms with Crippen LogP contribution in [0.1, 0.15) is 28.0 Å². The third-order valence-corrected chi connectivity index (χ3v) is 6.08. The van der Waals surface area contributed by atoms with Gasteiger partial charge < -0.3 is 10.6 Å². The smallest absolute Gasteiger partial charge is 0.274 e. The van der Waals surface area contributed by atoms with Gasteiger partial charge >= 0.3 is 0 Å². The highest BCUT2D eigenvalue weighted by atomic mass is 32.2. The zero-order chi connectivity index (χ0) is 18.0. The molecule has 0 radical (unpaired) electrons. The second-order valence-corrected chi connectivity index (χ2v) is 8.62. The topological polar surface area (TPSA) is 88.2 Å². The minimum Gasteiger partial charge on any atom is -0.381 e. The van der Waals surface area contributed by atoms with E-state index in [-0.39, 0.29) is 29.1 Å². The first-order chi connectivity index (χ1) is 11.8. The van der Waals surface area contributed by atoms with Gasteiger partial charge in [-0.3, -0.25) is 9.78 Å². The first kappa shape index (κ1) is 17.4. The summed E-state index contributed by atoms with van der Waals surface area (Å²) < 4.78 is 23.1. The van der Waals surface area contributed by atoms with Crippen molar-refractivity contribution < 1.29 is 13.2 Å². The van der Waals surface area contributed by atoms with E-state index in [1.54, 1.807) is 18.3 Å². The summed E-state index contributed by atoms with van der Waals surface area (Å²) in [6.07, 6.45) is 2.12. The Hall–Kier alpha value is -2.41. The lowest BCUT2D eigenvalue weighted by molar-refractivity contribution is 0.102. The van der Waals surface area contributed by atoms with Gasteiger partial charge in [0.1, 0.15) is 5.69 Å². The number of amides is 1. The van der Waals surface area contributed by atoms with Gasteiger partial charge in [-0.05, 0) is 43.5 Å². The van der Waals surface area contributed by atoms with Crippen molar-refractivity contribution in [3.8, 4) is 0 Å². The average molecular weight is 359 g/mol. The van der Waals surface area contributed by atoms with Gasteiger partial charge in [-0.2, -0.15) is 0 Å². The first-order valence-electron chi connectivity index (χ1n) is 8.15. The highest BCUT2D eigenvalue weighted by Crippen LogP contribution is 2.21. The number of nitrogens with one attached hydrogen (secondary N) is 2. The Kier molecular flexibility index (Phi) is 4.76. The number of carbonyl (C=O) groups is 1. The van der Waals surface area contributed by atoms with Crippen LogP contribution in [0.4, 0.5) is 11.4 Å². The molecule has 1 aromatic heterocycles. The molecular formula is C18H21N3O3S. The van der Waals surface area contributed by atoms with Crippen LogP contribution in [0.15, 0.2) is 36.5 Å². The number of benzene rings is 1. The maximum absolute atomic E-state index is 12.5. The third-order valence-electron chi connectivity index (χ3n) is 4.32. The number of carbonyl (C=O) groups excluding carboxylic acids is 1. The molecule has 0 bridgehead atoms. The van der Waals surface area contributed by atoms with Crippen molar-refractivity contribution in [2.24, 2.45) is 0 Å². The molecular weight excluding hydrogens is 338 g/mol. The molecule has 25 heavy (non-hydrogen) atoms. The summed E-state index contributed by atoms with van der Waals surface area (Å²) in [5, 5.41) is 6.08. The van der Waals surface area contributed by atoms with Crippen molar-refractivity contribution in [2.75, 3.05) is 22.1 Å². The molecule has 2 N–H and O–H groups in total. The molecule has 1 saturated heterocycles. The van der Waals surface area contributed by atoms with E-state index in [2.05, 4.69) is 15.6 Å². The second kappa shape index (κ2) is 6.84. The number of pyridine rings is 1. The number of para-hydroxylation sites is 1. The van der Waals surface area contributed by atoms with Gasteiger partial charge in [-0.25, -0.2) is 8.42 Å². The average Bonchev–Trinajstić information content (AvgIpc) is 2.90. The predicted molar refractivity (Wildman–Crippen MR) is 98.8 cm³/mol. The molecule has 0 spiro atoms. The monoisotopic (exact) mass is 359 g/mol. The zero-order valence-corrected chi connectivity index (χ0v) is 15.1. The minimum atomic E-state index is -2.95. The number of aryl methyl sites for hydroxylation is 2. The Balaban J connectivity index is 1.74. The summed E-state index contributed by atoms with van der Waals surface area (Å²) in [4.78, 5) is 16.6. The molecule has 1 aromatic carbocycles. The van der Waals surface area contributed by atoms with Crippen molar-refractivity contribution in [3.63, 3.8) is 0 Å². The van der Waals surface area contributed by atoms with Crippen molar-refractivity contribution in [3.05, 3.63) is 53.3 Å². The van der Waals surface area contributed by atoms with E-state index >= 15 is 0 Å². The highest BCUT2D eigenvalue weighted by molar-refractivity contribution is 7.91. The summed E-state index contributed by atoms with van der Waals surface area (Å²) in [6.45, 7) is 3.88. The quantitative estimate of drug-likeness (QED) is 0.876. The zero-order valence-electron chi connectivity index (χ0n) is 14.2. The molecule has 2 aromatic rings. The fourth-order valence-corrected chi connectivity index (χ4v) is 4.65. The summed E-state index contributed by atoms with van der Waals surface area (Å²) >= 11 is 0. The SMILES string of the molecule is Cc1cccc(C)c1NC(=O)c1cc(NC2CCS(=O)(=O)C2)ccn1. The van der Waals surface area contributed by atoms with Crippen LogP contribution in [0.5, 0.6) is 0 Å². The van der Waals surface area contributed by atoms with E-state index in [0.29, 0.717) is 12.1 Å². The minimum absolute atomic E-state index is 0.123. The first-order valence-corrected chi connectivity index (χ1v) is 9.97. The van der Waals surface area contributed by atoms with Gasteiger partial charge in [-0.1, -0.05) is 18.2 Å². The fraction of sp³-hybridized carbons (Fsp3) is 0.333. The fourth-order valence-electron chi connectivity index (χ4n) is 2.98. The Morgan fingerprint density at radius 2 is 1.92 bits per heavy atom. The van der Waals surface area contributed by atoms with Crippen LogP contribution in [0.2, 0.25) is 0 Å². The van der Waals surface area contributed by atoms with Crippen molar-refractivity contribution >= 4 is 27.1 Å². The Morgan fingerprint density at radius 3 is 2.56 bits per heavy atom. The van der Waals surface area contributed by atoms with Crippen LogP contribution in [0, 0.1) is 13.8 Å². The lowest BCUT2D eigenvalue weighted by Crippen LogP contribution is -2.21. The number of aromatic nitrogens is 1. The van der Waals surface area contributed by atoms with Crippen LogP contribution >= 0.6 is 0 Å². The van der Waals surface area contributed by atoms with Crippen LogP contribution in [-0.4, -0.2) is 36.9 Å². The van der Waals surface area contributed by atoms with E-state index in [1.807, 2.05) is 32.0 Å². The van der Waals surface area contributed by atoms with Crippen LogP contribution < -0.4 is 10.6 Å². The molecule has 1 fully saturated rings. The molecule has 0 saturated carbocycles. The molecule has 3 rings (SSSR count). The van der Waals surface area contributed by atoms with Crippen molar-refractivity contribution in [2.45, 2.75) is 26.3 Å². The molecule has 132 valence electrons. The van der Waals surface area contributed by atoms with Crippen LogP contribution in [0.25, 0.3) is 0 Å². The van der Waals surface area contributed by atoms with E-state index in [4.69, 9.17) is 0 Å². The molecule has 1 aliphatic rings. The van der Waals surface area contributed by atoms with Gasteiger partial charge in [0.25, 0.3) is 5.91 Å². The maximum atomic E-state index is 12.5. The molecule has 7 heteroatoms. The molecule has 1 aliphatic heterocycles. The number of hydrogen-bond acceptors (Lipinski definition) is 5. The second-order valence-electron chi connectivity index (χ2n) is 6.39. The van der Waals surface area contributed by atoms with Gasteiger partial charge in [-0.15, -0.1) is 0 Å². The van der Waals surface area contributed by atoms with Gasteiger partial charge in [0, 0.05) is 23.6 Å².